The Kier molecular flexibility index (Phi) is 16.5. The molecule has 0 aromatic rings. The van der Waals surface area contributed by atoms with Crippen molar-refractivity contribution in [3.8, 4) is 0 Å². The molecule has 386 valence electrons. The van der Waals surface area contributed by atoms with Crippen LogP contribution in [-0.2, 0) is 75.9 Å². The van der Waals surface area contributed by atoms with E-state index >= 15 is 0 Å². The van der Waals surface area contributed by atoms with Gasteiger partial charge < -0.3 is 138 Å². The summed E-state index contributed by atoms with van der Waals surface area (Å²) in [5, 5.41) is 148. The van der Waals surface area contributed by atoms with Crippen LogP contribution in [0.3, 0.4) is 0 Å². The normalized spacial score (nSPS) is 52.7. The molecule has 30 nitrogen and oxygen atoms in total. The first-order valence-electron chi connectivity index (χ1n) is 21.1. The maximum Gasteiger partial charge on any atom is 0.364 e. The second-order valence-corrected chi connectivity index (χ2v) is 17.1. The van der Waals surface area contributed by atoms with Gasteiger partial charge in [0.2, 0.25) is 0 Å². The average molecular weight is 983 g/mol. The Morgan fingerprint density at radius 3 is 1.40 bits per heavy atom. The van der Waals surface area contributed by atoms with E-state index in [0.29, 0.717) is 0 Å². The van der Waals surface area contributed by atoms with Crippen molar-refractivity contribution < 1.29 is 147 Å². The molecule has 14 N–H and O–H groups in total. The van der Waals surface area contributed by atoms with E-state index in [2.05, 4.69) is 0 Å². The molecule has 0 aliphatic carbocycles. The summed E-state index contributed by atoms with van der Waals surface area (Å²) >= 11 is 0. The fourth-order valence-corrected chi connectivity index (χ4v) is 8.62. The first kappa shape index (κ1) is 52.7. The van der Waals surface area contributed by atoms with Crippen molar-refractivity contribution in [3.05, 3.63) is 0 Å². The summed E-state index contributed by atoms with van der Waals surface area (Å²) < 4.78 is 79.0. The predicted octanol–water partition coefficient (Wildman–Crippen LogP) is -9.54. The Balaban J connectivity index is 1.03. The fourth-order valence-electron chi connectivity index (χ4n) is 8.62. The number of hydrogen-bond acceptors (Lipinski definition) is 28. The molecule has 0 aromatic heterocycles. The SMILES string of the molecule is CO[C@@H]1[C@@H](O)[C@H](O[C@@H]2[C@@H](O)[C@H](O[C@H]3[C@H](O)[C@@H](O)[C@H](OC[C@H]4O[C@H](O[C@H]5O[C@H](CO)[C@@H](O)[C@H](O)[C@H]5O)[C@H](O)[C@@H](O)[C@@H]4O)O[C@@H]3CO)O[C@@H]3CO[C@](C)(C(=O)O)O[C@@H]23)O[C@@H]2CO[C@](C)(C(=O)O)O[C@@H]12. The van der Waals surface area contributed by atoms with Gasteiger partial charge in [0.1, 0.15) is 122 Å². The summed E-state index contributed by atoms with van der Waals surface area (Å²) in [4.78, 5) is 24.0. The molecule has 30 heteroatoms. The van der Waals surface area contributed by atoms with E-state index in [1.807, 2.05) is 0 Å². The quantitative estimate of drug-likeness (QED) is 0.0768. The zero-order chi connectivity index (χ0) is 49.0. The van der Waals surface area contributed by atoms with Crippen molar-refractivity contribution in [1.29, 1.82) is 0 Å². The molecular formula is C37H58O30. The van der Waals surface area contributed by atoms with Crippen molar-refractivity contribution in [2.24, 2.45) is 0 Å². The van der Waals surface area contributed by atoms with Crippen molar-refractivity contribution in [2.45, 2.75) is 179 Å². The summed E-state index contributed by atoms with van der Waals surface area (Å²) in [7, 11) is 1.19. The van der Waals surface area contributed by atoms with Crippen LogP contribution < -0.4 is 0 Å². The molecule has 7 aliphatic rings. The molecule has 0 spiro atoms. The standard InChI is InChI=1S/C37H58O30/c1-36(34(50)51)56-7-12-25(66-36)27(54-3)22(48)32(61-12)64-28-23(49)33(62-13-8-57-37(2,35(52)53)67-26(13)28)63-24-10(5-39)59-29(21(47)18(24)44)55-6-11-15(41)17(43)20(46)31(60-11)65-30-19(45)16(42)14(40)9(4-38)58-30/h9-33,38-49H,4-8H2,1-3H3,(H,50,51)(H,52,53)/t9-,10-,11-,12-,13-,14-,15-,16+,17+,18-,19-,20-,21-,22-,23-,24-,25-,26-,27-,28-,29-,30-,31-,32+,33+,36+,37+/m1/s1. The summed E-state index contributed by atoms with van der Waals surface area (Å²) in [6.45, 7) is -1.30. The molecule has 0 amide bonds. The summed E-state index contributed by atoms with van der Waals surface area (Å²) in [6, 6.07) is 0. The lowest BCUT2D eigenvalue weighted by Gasteiger charge is -2.53. The maximum absolute atomic E-state index is 12.2. The van der Waals surface area contributed by atoms with Crippen LogP contribution in [-0.4, -0.2) is 289 Å². The van der Waals surface area contributed by atoms with Crippen LogP contribution in [0.25, 0.3) is 0 Å². The van der Waals surface area contributed by atoms with Gasteiger partial charge >= 0.3 is 11.9 Å². The summed E-state index contributed by atoms with van der Waals surface area (Å²) in [5.74, 6) is -7.51. The van der Waals surface area contributed by atoms with Gasteiger partial charge in [0, 0.05) is 21.0 Å². The van der Waals surface area contributed by atoms with Gasteiger partial charge in [0.25, 0.3) is 11.6 Å². The van der Waals surface area contributed by atoms with Crippen LogP contribution in [0, 0.1) is 0 Å². The molecule has 0 unspecified atom stereocenters. The fraction of sp³-hybridized carbons (Fsp3) is 0.946. The zero-order valence-corrected chi connectivity index (χ0v) is 35.8. The van der Waals surface area contributed by atoms with Gasteiger partial charge in [-0.25, -0.2) is 9.59 Å². The Morgan fingerprint density at radius 2 is 0.910 bits per heavy atom. The Hall–Kier alpha value is -2.10. The van der Waals surface area contributed by atoms with Crippen LogP contribution in [0.1, 0.15) is 13.8 Å². The lowest BCUT2D eigenvalue weighted by atomic mass is 9.94. The van der Waals surface area contributed by atoms with E-state index in [1.165, 1.54) is 7.11 Å². The molecule has 27 atom stereocenters. The highest BCUT2D eigenvalue weighted by Gasteiger charge is 2.61. The van der Waals surface area contributed by atoms with E-state index in [0.717, 1.165) is 13.8 Å². The summed E-state index contributed by atoms with van der Waals surface area (Å²) in [6.07, 6.45) is -43.3. The van der Waals surface area contributed by atoms with Crippen molar-refractivity contribution in [2.75, 3.05) is 40.1 Å². The van der Waals surface area contributed by atoms with Gasteiger partial charge in [-0.1, -0.05) is 0 Å². The minimum atomic E-state index is -2.32. The van der Waals surface area contributed by atoms with Crippen molar-refractivity contribution >= 4 is 11.9 Å². The van der Waals surface area contributed by atoms with Crippen LogP contribution in [0.2, 0.25) is 0 Å². The summed E-state index contributed by atoms with van der Waals surface area (Å²) in [5.41, 5.74) is 0. The molecule has 0 aromatic carbocycles. The highest BCUT2D eigenvalue weighted by atomic mass is 16.8. The monoisotopic (exact) mass is 982 g/mol. The van der Waals surface area contributed by atoms with Gasteiger partial charge in [0.15, 0.2) is 31.5 Å². The molecule has 7 aliphatic heterocycles. The van der Waals surface area contributed by atoms with Crippen LogP contribution in [0.4, 0.5) is 0 Å². The molecule has 7 rings (SSSR count). The lowest BCUT2D eigenvalue weighted by molar-refractivity contribution is -0.424. The Labute approximate surface area is 378 Å². The second-order valence-electron chi connectivity index (χ2n) is 17.1. The first-order chi connectivity index (χ1) is 31.6. The van der Waals surface area contributed by atoms with Gasteiger partial charge in [-0.3, -0.25) is 0 Å². The molecule has 7 saturated heterocycles. The zero-order valence-electron chi connectivity index (χ0n) is 35.8. The molecule has 0 bridgehead atoms. The van der Waals surface area contributed by atoms with Crippen molar-refractivity contribution in [1.82, 2.24) is 0 Å². The lowest BCUT2D eigenvalue weighted by Crippen LogP contribution is -2.71. The number of carboxylic acid groups (broad SMARTS) is 2. The smallest absolute Gasteiger partial charge is 0.364 e. The topological polar surface area (TPSA) is 447 Å². The number of ether oxygens (including phenoxy) is 14. The van der Waals surface area contributed by atoms with Crippen LogP contribution >= 0.6 is 0 Å². The third-order valence-electron chi connectivity index (χ3n) is 12.7. The molecular weight excluding hydrogens is 924 g/mol. The van der Waals surface area contributed by atoms with E-state index in [4.69, 9.17) is 66.3 Å². The van der Waals surface area contributed by atoms with Gasteiger partial charge in [-0.05, 0) is 0 Å². The average Bonchev–Trinajstić information content (AvgIpc) is 3.29. The van der Waals surface area contributed by atoms with E-state index < -0.39 is 210 Å². The number of aliphatic carboxylic acids is 2. The van der Waals surface area contributed by atoms with Gasteiger partial charge in [-0.15, -0.1) is 0 Å². The van der Waals surface area contributed by atoms with E-state index in [-0.39, 0.29) is 0 Å². The maximum atomic E-state index is 12.2. The number of fused-ring (bicyclic) bond motifs is 2. The molecule has 0 radical (unpaired) electrons. The van der Waals surface area contributed by atoms with Gasteiger partial charge in [0.05, 0.1) is 33.0 Å². The van der Waals surface area contributed by atoms with Crippen molar-refractivity contribution in [3.63, 3.8) is 0 Å². The highest BCUT2D eigenvalue weighted by molar-refractivity contribution is 5.75. The van der Waals surface area contributed by atoms with Crippen LogP contribution in [0.5, 0.6) is 0 Å². The van der Waals surface area contributed by atoms with Crippen LogP contribution in [0.15, 0.2) is 0 Å². The molecule has 67 heavy (non-hydrogen) atoms. The number of rotatable bonds is 14. The number of methoxy groups -OCH3 is 1. The Bertz CT molecular complexity index is 1680. The van der Waals surface area contributed by atoms with E-state index in [9.17, 15) is 81.1 Å². The third-order valence-corrected chi connectivity index (χ3v) is 12.7. The number of hydrogen-bond donors (Lipinski definition) is 14. The molecule has 0 saturated carbocycles. The molecule has 7 heterocycles. The number of aliphatic hydroxyl groups excluding tert-OH is 12. The minimum Gasteiger partial charge on any atom is -0.477 e. The Morgan fingerprint density at radius 1 is 0.493 bits per heavy atom. The third kappa shape index (κ3) is 10.2. The van der Waals surface area contributed by atoms with Gasteiger partial charge in [-0.2, -0.15) is 0 Å². The number of aliphatic hydroxyl groups is 12. The largest absolute Gasteiger partial charge is 0.477 e. The highest BCUT2D eigenvalue weighted by Crippen LogP contribution is 2.40. The molecule has 7 fully saturated rings. The number of carbonyl (C=O) groups is 2. The predicted molar refractivity (Wildman–Crippen MR) is 199 cm³/mol. The van der Waals surface area contributed by atoms with E-state index in [1.54, 1.807) is 0 Å². The minimum absolute atomic E-state index is 0.398. The first-order valence-corrected chi connectivity index (χ1v) is 21.1. The second kappa shape index (κ2) is 20.9. The number of carboxylic acids is 2.